The fraction of sp³-hybridized carbons (Fsp3) is 0.154. The molecule has 184 valence electrons. The number of anilines is 1. The lowest BCUT2D eigenvalue weighted by molar-refractivity contribution is 0.0182. The Morgan fingerprint density at radius 2 is 1.75 bits per heavy atom. The lowest BCUT2D eigenvalue weighted by atomic mass is 9.91. The number of hydrogen-bond donors (Lipinski definition) is 2. The Balaban J connectivity index is 1.58. The number of aliphatic hydroxyl groups is 1. The molecule has 0 fully saturated rings. The number of aromatic nitrogens is 4. The van der Waals surface area contributed by atoms with E-state index in [0.717, 1.165) is 32.3 Å². The first-order valence-corrected chi connectivity index (χ1v) is 12.1. The van der Waals surface area contributed by atoms with Crippen LogP contribution in [0.25, 0.3) is 10.9 Å². The third-order valence-electron chi connectivity index (χ3n) is 6.06. The van der Waals surface area contributed by atoms with Crippen LogP contribution >= 0.6 is 22.6 Å². The summed E-state index contributed by atoms with van der Waals surface area (Å²) >= 11 is 2.20. The van der Waals surface area contributed by atoms with E-state index in [1.54, 1.807) is 12.3 Å². The maximum absolute atomic E-state index is 15.0. The molecule has 5 aromatic rings. The van der Waals surface area contributed by atoms with Crippen LogP contribution in [0.5, 0.6) is 0 Å². The summed E-state index contributed by atoms with van der Waals surface area (Å²) in [6.07, 6.45) is 4.54. The number of nitrogens with zero attached hydrogens (tertiary/aromatic N) is 4. The van der Waals surface area contributed by atoms with E-state index in [-0.39, 0.29) is 24.5 Å². The predicted molar refractivity (Wildman–Crippen MR) is 139 cm³/mol. The van der Waals surface area contributed by atoms with Gasteiger partial charge in [-0.3, -0.25) is 0 Å². The van der Waals surface area contributed by atoms with Gasteiger partial charge in [-0.15, -0.1) is 0 Å². The molecule has 0 saturated carbocycles. The van der Waals surface area contributed by atoms with Crippen molar-refractivity contribution in [3.63, 3.8) is 0 Å². The first-order chi connectivity index (χ1) is 17.3. The van der Waals surface area contributed by atoms with Crippen LogP contribution in [0.15, 0.2) is 79.5 Å². The van der Waals surface area contributed by atoms with E-state index in [1.807, 2.05) is 29.2 Å². The summed E-state index contributed by atoms with van der Waals surface area (Å²) in [6, 6.07) is 15.3. The van der Waals surface area contributed by atoms with Crippen molar-refractivity contribution in [1.29, 1.82) is 0 Å². The van der Waals surface area contributed by atoms with Crippen molar-refractivity contribution in [2.75, 3.05) is 11.4 Å². The largest absolute Gasteiger partial charge is 0.381 e. The molecule has 0 amide bonds. The van der Waals surface area contributed by atoms with Crippen molar-refractivity contribution in [3.8, 4) is 0 Å². The number of nitrogens with one attached hydrogen (secondary N) is 1. The molecule has 0 aliphatic heterocycles. The molecule has 0 radical (unpaired) electrons. The van der Waals surface area contributed by atoms with Crippen molar-refractivity contribution in [2.24, 2.45) is 0 Å². The van der Waals surface area contributed by atoms with Crippen molar-refractivity contribution < 1.29 is 18.3 Å². The summed E-state index contributed by atoms with van der Waals surface area (Å²) in [7, 11) is 0. The van der Waals surface area contributed by atoms with Crippen molar-refractivity contribution >= 4 is 39.2 Å². The molecule has 0 spiro atoms. The van der Waals surface area contributed by atoms with E-state index >= 15 is 0 Å². The third kappa shape index (κ3) is 5.09. The number of benzene rings is 3. The van der Waals surface area contributed by atoms with Crippen LogP contribution < -0.4 is 4.90 Å². The molecule has 0 aliphatic rings. The summed E-state index contributed by atoms with van der Waals surface area (Å²) in [5.74, 6) is -1.94. The van der Waals surface area contributed by atoms with Gasteiger partial charge in [0.15, 0.2) is 0 Å². The van der Waals surface area contributed by atoms with E-state index < -0.39 is 17.2 Å². The van der Waals surface area contributed by atoms with Gasteiger partial charge in [-0.05, 0) is 76.7 Å². The third-order valence-corrected chi connectivity index (χ3v) is 6.78. The summed E-state index contributed by atoms with van der Waals surface area (Å²) in [4.78, 5) is 8.91. The molecule has 0 saturated heterocycles. The van der Waals surface area contributed by atoms with Gasteiger partial charge in [0.05, 0.1) is 13.1 Å². The van der Waals surface area contributed by atoms with Crippen LogP contribution in [-0.2, 0) is 18.7 Å². The Morgan fingerprint density at radius 1 is 1.00 bits per heavy atom. The van der Waals surface area contributed by atoms with Crippen molar-refractivity contribution in [3.05, 3.63) is 112 Å². The van der Waals surface area contributed by atoms with Gasteiger partial charge in [0, 0.05) is 44.5 Å². The van der Waals surface area contributed by atoms with Crippen LogP contribution in [0.4, 0.5) is 18.9 Å². The Morgan fingerprint density at radius 3 is 2.47 bits per heavy atom. The number of rotatable bonds is 8. The van der Waals surface area contributed by atoms with Crippen LogP contribution in [-0.4, -0.2) is 31.4 Å². The SMILES string of the molecule is OC(CN(Cc1c[nH]c2cc(F)ccc12)c1ccc(I)cc1)(Cn1cncn1)c1ccc(F)cc1F. The first kappa shape index (κ1) is 24.3. The van der Waals surface area contributed by atoms with Crippen molar-refractivity contribution in [2.45, 2.75) is 18.7 Å². The minimum Gasteiger partial charge on any atom is -0.381 e. The molecule has 2 heterocycles. The van der Waals surface area contributed by atoms with E-state index in [1.165, 1.54) is 35.5 Å². The minimum atomic E-state index is -1.80. The predicted octanol–water partition coefficient (Wildman–Crippen LogP) is 5.38. The Kier molecular flexibility index (Phi) is 6.71. The smallest absolute Gasteiger partial charge is 0.137 e. The number of aromatic amines is 1. The molecule has 3 aromatic carbocycles. The highest BCUT2D eigenvalue weighted by Gasteiger charge is 2.36. The Hall–Kier alpha value is -3.38. The second-order valence-electron chi connectivity index (χ2n) is 8.59. The lowest BCUT2D eigenvalue weighted by Crippen LogP contribution is -2.44. The molecule has 2 N–H and O–H groups in total. The van der Waals surface area contributed by atoms with Gasteiger partial charge in [0.1, 0.15) is 35.7 Å². The van der Waals surface area contributed by atoms with Gasteiger partial charge in [-0.25, -0.2) is 22.8 Å². The second-order valence-corrected chi connectivity index (χ2v) is 9.83. The van der Waals surface area contributed by atoms with E-state index in [9.17, 15) is 18.3 Å². The van der Waals surface area contributed by atoms with E-state index in [0.29, 0.717) is 12.1 Å². The molecule has 0 aliphatic carbocycles. The van der Waals surface area contributed by atoms with Crippen LogP contribution in [0.2, 0.25) is 0 Å². The molecule has 36 heavy (non-hydrogen) atoms. The molecule has 1 unspecified atom stereocenters. The van der Waals surface area contributed by atoms with Gasteiger partial charge >= 0.3 is 0 Å². The fourth-order valence-corrected chi connectivity index (χ4v) is 4.73. The van der Waals surface area contributed by atoms with Gasteiger partial charge < -0.3 is 15.0 Å². The van der Waals surface area contributed by atoms with Crippen LogP contribution in [0.3, 0.4) is 0 Å². The zero-order chi connectivity index (χ0) is 25.3. The van der Waals surface area contributed by atoms with Gasteiger partial charge in [0.2, 0.25) is 0 Å². The van der Waals surface area contributed by atoms with Crippen LogP contribution in [0.1, 0.15) is 11.1 Å². The highest BCUT2D eigenvalue weighted by atomic mass is 127. The van der Waals surface area contributed by atoms with Gasteiger partial charge in [0.25, 0.3) is 0 Å². The summed E-state index contributed by atoms with van der Waals surface area (Å²) in [5, 5.41) is 16.9. The quantitative estimate of drug-likeness (QED) is 0.234. The molecule has 1 atom stereocenters. The monoisotopic (exact) mass is 603 g/mol. The average Bonchev–Trinajstić information content (AvgIpc) is 3.48. The minimum absolute atomic E-state index is 0.0517. The maximum Gasteiger partial charge on any atom is 0.137 e. The zero-order valence-corrected chi connectivity index (χ0v) is 21.0. The maximum atomic E-state index is 15.0. The van der Waals surface area contributed by atoms with Gasteiger partial charge in [-0.2, -0.15) is 5.10 Å². The molecule has 2 aromatic heterocycles. The number of fused-ring (bicyclic) bond motifs is 1. The Labute approximate surface area is 218 Å². The molecule has 10 heteroatoms. The van der Waals surface area contributed by atoms with E-state index in [2.05, 4.69) is 37.7 Å². The Bertz CT molecular complexity index is 1490. The highest BCUT2D eigenvalue weighted by Crippen LogP contribution is 2.32. The average molecular weight is 603 g/mol. The topological polar surface area (TPSA) is 70.0 Å². The molecular formula is C26H21F3IN5O. The number of hydrogen-bond acceptors (Lipinski definition) is 4. The molecule has 0 bridgehead atoms. The first-order valence-electron chi connectivity index (χ1n) is 11.1. The zero-order valence-electron chi connectivity index (χ0n) is 18.9. The lowest BCUT2D eigenvalue weighted by Gasteiger charge is -2.36. The molecule has 6 nitrogen and oxygen atoms in total. The summed E-state index contributed by atoms with van der Waals surface area (Å²) < 4.78 is 44.9. The summed E-state index contributed by atoms with van der Waals surface area (Å²) in [6.45, 7) is 0.161. The fourth-order valence-electron chi connectivity index (χ4n) is 4.37. The molecule has 5 rings (SSSR count). The van der Waals surface area contributed by atoms with Crippen LogP contribution in [0, 0.1) is 21.0 Å². The number of halogens is 4. The molecular weight excluding hydrogens is 582 g/mol. The highest BCUT2D eigenvalue weighted by molar-refractivity contribution is 14.1. The normalized spacial score (nSPS) is 13.1. The van der Waals surface area contributed by atoms with Crippen molar-refractivity contribution in [1.82, 2.24) is 19.7 Å². The van der Waals surface area contributed by atoms with Gasteiger partial charge in [-0.1, -0.05) is 6.07 Å². The summed E-state index contributed by atoms with van der Waals surface area (Å²) in [5.41, 5.74) is 0.441. The standard InChI is InChI=1S/C26H21F3IN5O/c27-18-2-8-23(24(29)9-18)26(36,14-35-16-31-15-33-35)13-34(21-5-3-20(30)4-6-21)12-17-11-32-25-10-19(28)1-7-22(17)25/h1-11,15-16,32,36H,12-14H2. The van der Waals surface area contributed by atoms with E-state index in [4.69, 9.17) is 0 Å². The number of H-pyrrole nitrogens is 1. The second kappa shape index (κ2) is 9.94.